The predicted molar refractivity (Wildman–Crippen MR) is 280 cm³/mol. The summed E-state index contributed by atoms with van der Waals surface area (Å²) in [6.45, 7) is 0. The molecule has 0 aliphatic heterocycles. The normalized spacial score (nSPS) is 11.6. The van der Waals surface area contributed by atoms with Gasteiger partial charge in [0.1, 0.15) is 11.2 Å². The van der Waals surface area contributed by atoms with Gasteiger partial charge < -0.3 is 9.32 Å². The van der Waals surface area contributed by atoms with Crippen LogP contribution in [0.4, 0.5) is 17.1 Å². The molecule has 0 N–H and O–H groups in total. The molecule has 0 aliphatic rings. The quantitative estimate of drug-likeness (QED) is 0.149. The Balaban J connectivity index is 0.910. The Morgan fingerprint density at radius 3 is 1.33 bits per heavy atom. The van der Waals surface area contributed by atoms with Crippen molar-refractivity contribution in [2.75, 3.05) is 4.90 Å². The van der Waals surface area contributed by atoms with Crippen molar-refractivity contribution in [2.45, 2.75) is 0 Å². The standard InChI is InChI=1S/C64H41NO/c1-3-18-52-44(12-1)34-38-59-54(21-9-24-57(52)59)46-30-28-42(29-31-46)43-32-36-49(37-33-43)65(51-17-8-15-48(41-51)56-23-11-27-63-64(56)61-20-5-6-26-62(61)66-63)50-16-7-14-47(40-50)55-22-10-25-58-53-19-4-2-13-45(53)35-39-60(55)58/h1-41H. The van der Waals surface area contributed by atoms with Gasteiger partial charge >= 0.3 is 0 Å². The maximum Gasteiger partial charge on any atom is 0.136 e. The Bertz CT molecular complexity index is 3990. The van der Waals surface area contributed by atoms with Crippen LogP contribution in [0.25, 0.3) is 110 Å². The molecule has 0 bridgehead atoms. The summed E-state index contributed by atoms with van der Waals surface area (Å²) < 4.78 is 6.34. The number of anilines is 3. The number of benzene rings is 12. The molecule has 2 nitrogen and oxygen atoms in total. The second-order valence-electron chi connectivity index (χ2n) is 17.2. The van der Waals surface area contributed by atoms with Gasteiger partial charge in [0.05, 0.1) is 0 Å². The molecule has 0 amide bonds. The first kappa shape index (κ1) is 37.8. The molecule has 1 aromatic heterocycles. The third-order valence-corrected chi connectivity index (χ3v) is 13.5. The minimum absolute atomic E-state index is 0.890. The maximum atomic E-state index is 6.34. The summed E-state index contributed by atoms with van der Waals surface area (Å²) in [6, 6.07) is 90.3. The van der Waals surface area contributed by atoms with Crippen molar-refractivity contribution in [3.05, 3.63) is 249 Å². The van der Waals surface area contributed by atoms with Crippen LogP contribution in [0.1, 0.15) is 0 Å². The van der Waals surface area contributed by atoms with Crippen LogP contribution in [0.15, 0.2) is 253 Å². The molecule has 0 saturated carbocycles. The van der Waals surface area contributed by atoms with Crippen molar-refractivity contribution in [3.63, 3.8) is 0 Å². The molecule has 0 spiro atoms. The summed E-state index contributed by atoms with van der Waals surface area (Å²) in [5, 5.41) is 12.4. The van der Waals surface area contributed by atoms with Gasteiger partial charge in [-0.3, -0.25) is 0 Å². The fourth-order valence-electron chi connectivity index (χ4n) is 10.3. The van der Waals surface area contributed by atoms with Gasteiger partial charge in [-0.25, -0.2) is 0 Å². The molecular weight excluding hydrogens is 799 g/mol. The van der Waals surface area contributed by atoms with Crippen LogP contribution in [0.5, 0.6) is 0 Å². The molecule has 12 aromatic carbocycles. The highest BCUT2D eigenvalue weighted by Gasteiger charge is 2.18. The predicted octanol–water partition coefficient (Wildman–Crippen LogP) is 18.3. The lowest BCUT2D eigenvalue weighted by atomic mass is 9.93. The highest BCUT2D eigenvalue weighted by molar-refractivity contribution is 6.14. The van der Waals surface area contributed by atoms with Crippen LogP contribution < -0.4 is 4.90 Å². The number of hydrogen-bond donors (Lipinski definition) is 0. The first-order valence-electron chi connectivity index (χ1n) is 22.7. The molecule has 13 rings (SSSR count). The fraction of sp³-hybridized carbons (Fsp3) is 0. The van der Waals surface area contributed by atoms with Gasteiger partial charge in [-0.05, 0) is 136 Å². The Labute approximate surface area is 382 Å². The minimum Gasteiger partial charge on any atom is -0.456 e. The zero-order valence-electron chi connectivity index (χ0n) is 36.0. The largest absolute Gasteiger partial charge is 0.456 e. The molecule has 13 aromatic rings. The lowest BCUT2D eigenvalue weighted by Crippen LogP contribution is -2.10. The third-order valence-electron chi connectivity index (χ3n) is 13.5. The van der Waals surface area contributed by atoms with Gasteiger partial charge in [0, 0.05) is 27.8 Å². The van der Waals surface area contributed by atoms with E-state index in [0.29, 0.717) is 0 Å². The summed E-state index contributed by atoms with van der Waals surface area (Å²) in [6.07, 6.45) is 0. The molecule has 0 atom stereocenters. The molecule has 0 unspecified atom stereocenters. The van der Waals surface area contributed by atoms with Gasteiger partial charge in [-0.1, -0.05) is 200 Å². The minimum atomic E-state index is 0.890. The Hall–Kier alpha value is -8.72. The summed E-state index contributed by atoms with van der Waals surface area (Å²) in [5.41, 5.74) is 14.5. The first-order chi connectivity index (χ1) is 32.7. The Morgan fingerprint density at radius 1 is 0.242 bits per heavy atom. The summed E-state index contributed by atoms with van der Waals surface area (Å²) in [5.74, 6) is 0. The SMILES string of the molecule is c1cc(-c2cccc3c2ccc2ccccc23)cc(N(c2ccc(-c3ccc(-c4cccc5c4ccc4ccccc45)cc3)cc2)c2cccc(-c3cccc4oc5ccccc5c34)c2)c1. The van der Waals surface area contributed by atoms with Crippen molar-refractivity contribution in [1.82, 2.24) is 0 Å². The second-order valence-corrected chi connectivity index (χ2v) is 17.2. The van der Waals surface area contributed by atoms with E-state index in [-0.39, 0.29) is 0 Å². The summed E-state index contributed by atoms with van der Waals surface area (Å²) in [7, 11) is 0. The van der Waals surface area contributed by atoms with Crippen LogP contribution >= 0.6 is 0 Å². The van der Waals surface area contributed by atoms with Crippen LogP contribution in [-0.4, -0.2) is 0 Å². The van der Waals surface area contributed by atoms with E-state index < -0.39 is 0 Å². The molecule has 66 heavy (non-hydrogen) atoms. The summed E-state index contributed by atoms with van der Waals surface area (Å²) >= 11 is 0. The van der Waals surface area contributed by atoms with Gasteiger partial charge in [0.15, 0.2) is 0 Å². The Morgan fingerprint density at radius 2 is 0.697 bits per heavy atom. The summed E-state index contributed by atoms with van der Waals surface area (Å²) in [4.78, 5) is 2.39. The van der Waals surface area contributed by atoms with E-state index in [1.54, 1.807) is 0 Å². The number of nitrogens with zero attached hydrogens (tertiary/aromatic N) is 1. The fourth-order valence-corrected chi connectivity index (χ4v) is 10.3. The number of para-hydroxylation sites is 1. The number of rotatable bonds is 7. The Kier molecular flexibility index (Phi) is 8.89. The van der Waals surface area contributed by atoms with Crippen molar-refractivity contribution in [1.29, 1.82) is 0 Å². The van der Waals surface area contributed by atoms with E-state index in [4.69, 9.17) is 4.42 Å². The second kappa shape index (κ2) is 15.5. The van der Waals surface area contributed by atoms with E-state index in [0.717, 1.165) is 55.7 Å². The van der Waals surface area contributed by atoms with Crippen LogP contribution in [0.2, 0.25) is 0 Å². The van der Waals surface area contributed by atoms with Gasteiger partial charge in [-0.2, -0.15) is 0 Å². The highest BCUT2D eigenvalue weighted by Crippen LogP contribution is 2.43. The third kappa shape index (κ3) is 6.34. The van der Waals surface area contributed by atoms with Gasteiger partial charge in [-0.15, -0.1) is 0 Å². The van der Waals surface area contributed by atoms with Gasteiger partial charge in [0.25, 0.3) is 0 Å². The lowest BCUT2D eigenvalue weighted by Gasteiger charge is -2.27. The molecule has 0 saturated heterocycles. The lowest BCUT2D eigenvalue weighted by molar-refractivity contribution is 0.669. The first-order valence-corrected chi connectivity index (χ1v) is 22.7. The van der Waals surface area contributed by atoms with Crippen molar-refractivity contribution < 1.29 is 4.42 Å². The molecule has 2 heteroatoms. The molecular formula is C64H41NO. The zero-order valence-corrected chi connectivity index (χ0v) is 36.0. The number of furan rings is 1. The van der Waals surface area contributed by atoms with E-state index >= 15 is 0 Å². The van der Waals surface area contributed by atoms with Crippen molar-refractivity contribution in [2.24, 2.45) is 0 Å². The maximum absolute atomic E-state index is 6.34. The van der Waals surface area contributed by atoms with Crippen molar-refractivity contribution >= 4 is 82.1 Å². The number of fused-ring (bicyclic) bond motifs is 9. The van der Waals surface area contributed by atoms with Crippen LogP contribution in [-0.2, 0) is 0 Å². The van der Waals surface area contributed by atoms with Crippen LogP contribution in [0.3, 0.4) is 0 Å². The molecule has 308 valence electrons. The highest BCUT2D eigenvalue weighted by atomic mass is 16.3. The topological polar surface area (TPSA) is 16.4 Å². The number of hydrogen-bond acceptors (Lipinski definition) is 2. The molecule has 0 radical (unpaired) electrons. The monoisotopic (exact) mass is 839 g/mol. The molecule has 0 fully saturated rings. The van der Waals surface area contributed by atoms with E-state index in [2.05, 4.69) is 241 Å². The average molecular weight is 840 g/mol. The van der Waals surface area contributed by atoms with Gasteiger partial charge in [0.2, 0.25) is 0 Å². The van der Waals surface area contributed by atoms with Crippen LogP contribution in [0, 0.1) is 0 Å². The van der Waals surface area contributed by atoms with E-state index in [1.807, 2.05) is 12.1 Å². The van der Waals surface area contributed by atoms with E-state index in [9.17, 15) is 0 Å². The average Bonchev–Trinajstić information content (AvgIpc) is 3.78. The smallest absolute Gasteiger partial charge is 0.136 e. The zero-order chi connectivity index (χ0) is 43.6. The molecule has 0 aliphatic carbocycles. The van der Waals surface area contributed by atoms with Crippen molar-refractivity contribution in [3.8, 4) is 44.5 Å². The van der Waals surface area contributed by atoms with E-state index in [1.165, 1.54) is 70.9 Å². The molecule has 1 heterocycles.